The van der Waals surface area contributed by atoms with E-state index in [4.69, 9.17) is 11.6 Å². The summed E-state index contributed by atoms with van der Waals surface area (Å²) in [5.41, 5.74) is 0. The molecule has 0 spiro atoms. The molecular weight excluding hydrogens is 310 g/mol. The first-order valence-corrected chi connectivity index (χ1v) is 6.84. The van der Waals surface area contributed by atoms with Crippen molar-refractivity contribution in [3.8, 4) is 0 Å². The molecule has 0 atom stereocenters. The molecule has 19 heavy (non-hydrogen) atoms. The van der Waals surface area contributed by atoms with Crippen molar-refractivity contribution in [2.24, 2.45) is 0 Å². The second kappa shape index (κ2) is 5.64. The van der Waals surface area contributed by atoms with E-state index in [-0.39, 0.29) is 5.02 Å². The molecule has 0 aromatic heterocycles. The van der Waals surface area contributed by atoms with Gasteiger partial charge in [0.25, 0.3) is 0 Å². The van der Waals surface area contributed by atoms with Crippen molar-refractivity contribution in [3.63, 3.8) is 0 Å². The number of hydrogen-bond donors (Lipinski definition) is 0. The molecular formula is C10H10ClF4NO2S. The Morgan fingerprint density at radius 3 is 2.42 bits per heavy atom. The molecule has 0 unspecified atom stereocenters. The van der Waals surface area contributed by atoms with Gasteiger partial charge in [-0.2, -0.15) is 13.2 Å². The first kappa shape index (κ1) is 16.2. The minimum Gasteiger partial charge on any atom is -0.207 e. The first-order valence-electron chi connectivity index (χ1n) is 5.02. The number of rotatable bonds is 4. The molecule has 3 nitrogen and oxygen atoms in total. The molecule has 1 aromatic carbocycles. The topological polar surface area (TPSA) is 37.4 Å². The van der Waals surface area contributed by atoms with E-state index in [2.05, 4.69) is 0 Å². The van der Waals surface area contributed by atoms with Crippen LogP contribution in [0.2, 0.25) is 5.02 Å². The smallest absolute Gasteiger partial charge is 0.207 e. The van der Waals surface area contributed by atoms with Gasteiger partial charge >= 0.3 is 6.18 Å². The Labute approximate surface area is 112 Å². The lowest BCUT2D eigenvalue weighted by molar-refractivity contribution is -0.135. The summed E-state index contributed by atoms with van der Waals surface area (Å²) in [6.45, 7) is -0.765. The molecule has 1 rings (SSSR count). The number of benzene rings is 1. The van der Waals surface area contributed by atoms with Crippen LogP contribution in [0.1, 0.15) is 6.42 Å². The highest BCUT2D eigenvalue weighted by Crippen LogP contribution is 2.26. The standard InChI is InChI=1S/C10H10ClF4NO2S/c1-16(5-4-10(13,14)15)19(17,18)9-6-7(12)2-3-8(9)11/h2-3,6H,4-5H2,1H3. The predicted molar refractivity (Wildman–Crippen MR) is 61.9 cm³/mol. The van der Waals surface area contributed by atoms with Crippen molar-refractivity contribution in [2.75, 3.05) is 13.6 Å². The fourth-order valence-electron chi connectivity index (χ4n) is 1.25. The molecule has 9 heteroatoms. The Balaban J connectivity index is 3.00. The average Bonchev–Trinajstić information content (AvgIpc) is 2.28. The van der Waals surface area contributed by atoms with Crippen molar-refractivity contribution in [1.29, 1.82) is 0 Å². The van der Waals surface area contributed by atoms with Crippen molar-refractivity contribution in [3.05, 3.63) is 29.0 Å². The lowest BCUT2D eigenvalue weighted by Crippen LogP contribution is -2.30. The van der Waals surface area contributed by atoms with Crippen molar-refractivity contribution in [2.45, 2.75) is 17.5 Å². The van der Waals surface area contributed by atoms with Crippen LogP contribution in [0, 0.1) is 5.82 Å². The third-order valence-electron chi connectivity index (χ3n) is 2.29. The summed E-state index contributed by atoms with van der Waals surface area (Å²) in [5, 5.41) is -0.250. The summed E-state index contributed by atoms with van der Waals surface area (Å²) in [7, 11) is -3.28. The Morgan fingerprint density at radius 1 is 1.32 bits per heavy atom. The molecule has 0 bridgehead atoms. The van der Waals surface area contributed by atoms with Crippen LogP contribution in [-0.4, -0.2) is 32.5 Å². The molecule has 0 N–H and O–H groups in total. The van der Waals surface area contributed by atoms with Crippen LogP contribution >= 0.6 is 11.6 Å². The van der Waals surface area contributed by atoms with Gasteiger partial charge < -0.3 is 0 Å². The highest BCUT2D eigenvalue weighted by Gasteiger charge is 2.31. The van der Waals surface area contributed by atoms with Gasteiger partial charge in [-0.1, -0.05) is 11.6 Å². The van der Waals surface area contributed by atoms with Crippen LogP contribution in [0.4, 0.5) is 17.6 Å². The van der Waals surface area contributed by atoms with Gasteiger partial charge in [0.2, 0.25) is 10.0 Å². The largest absolute Gasteiger partial charge is 0.390 e. The highest BCUT2D eigenvalue weighted by molar-refractivity contribution is 7.89. The highest BCUT2D eigenvalue weighted by atomic mass is 35.5. The lowest BCUT2D eigenvalue weighted by atomic mass is 10.3. The molecule has 0 aliphatic carbocycles. The van der Waals surface area contributed by atoms with Gasteiger partial charge in [0, 0.05) is 13.6 Å². The summed E-state index contributed by atoms with van der Waals surface area (Å²) < 4.78 is 73.5. The van der Waals surface area contributed by atoms with Gasteiger partial charge in [-0.25, -0.2) is 17.1 Å². The Kier molecular flexibility index (Phi) is 4.81. The monoisotopic (exact) mass is 319 g/mol. The van der Waals surface area contributed by atoms with Crippen LogP contribution in [-0.2, 0) is 10.0 Å². The van der Waals surface area contributed by atoms with E-state index in [0.29, 0.717) is 10.4 Å². The van der Waals surface area contributed by atoms with Gasteiger partial charge in [0.15, 0.2) is 0 Å². The zero-order chi connectivity index (χ0) is 14.8. The van der Waals surface area contributed by atoms with Crippen molar-refractivity contribution < 1.29 is 26.0 Å². The molecule has 0 aliphatic rings. The van der Waals surface area contributed by atoms with E-state index in [0.717, 1.165) is 19.2 Å². The quantitative estimate of drug-likeness (QED) is 0.800. The van der Waals surface area contributed by atoms with Crippen LogP contribution < -0.4 is 0 Å². The van der Waals surface area contributed by atoms with E-state index < -0.39 is 39.9 Å². The normalized spacial score (nSPS) is 13.0. The molecule has 108 valence electrons. The van der Waals surface area contributed by atoms with E-state index >= 15 is 0 Å². The van der Waals surface area contributed by atoms with Gasteiger partial charge in [0.05, 0.1) is 11.4 Å². The number of hydrogen-bond acceptors (Lipinski definition) is 2. The fraction of sp³-hybridized carbons (Fsp3) is 0.400. The van der Waals surface area contributed by atoms with Crippen LogP contribution in [0.5, 0.6) is 0 Å². The van der Waals surface area contributed by atoms with Crippen molar-refractivity contribution >= 4 is 21.6 Å². The molecule has 0 fully saturated rings. The Hall–Kier alpha value is -0.860. The molecule has 0 radical (unpaired) electrons. The van der Waals surface area contributed by atoms with E-state index in [1.165, 1.54) is 0 Å². The summed E-state index contributed by atoms with van der Waals surface area (Å²) >= 11 is 5.62. The number of halogens is 5. The average molecular weight is 320 g/mol. The van der Waals surface area contributed by atoms with Gasteiger partial charge in [-0.05, 0) is 18.2 Å². The maximum Gasteiger partial charge on any atom is 0.390 e. The zero-order valence-electron chi connectivity index (χ0n) is 9.71. The molecule has 1 aromatic rings. The van der Waals surface area contributed by atoms with Crippen LogP contribution in [0.3, 0.4) is 0 Å². The SMILES string of the molecule is CN(CCC(F)(F)F)S(=O)(=O)c1cc(F)ccc1Cl. The summed E-state index contributed by atoms with van der Waals surface area (Å²) in [4.78, 5) is -0.557. The molecule has 0 saturated carbocycles. The minimum atomic E-state index is -4.48. The second-order valence-corrected chi connectivity index (χ2v) is 6.19. The van der Waals surface area contributed by atoms with Gasteiger partial charge in [-0.3, -0.25) is 0 Å². The molecule has 0 saturated heterocycles. The van der Waals surface area contributed by atoms with Crippen molar-refractivity contribution in [1.82, 2.24) is 4.31 Å². The fourth-order valence-corrected chi connectivity index (χ4v) is 2.90. The van der Waals surface area contributed by atoms with Crippen LogP contribution in [0.25, 0.3) is 0 Å². The lowest BCUT2D eigenvalue weighted by Gasteiger charge is -2.18. The summed E-state index contributed by atoms with van der Waals surface area (Å²) in [6.07, 6.45) is -5.77. The Morgan fingerprint density at radius 2 is 1.89 bits per heavy atom. The van der Waals surface area contributed by atoms with Crippen LogP contribution in [0.15, 0.2) is 23.1 Å². The predicted octanol–water partition coefficient (Wildman–Crippen LogP) is 3.05. The molecule has 0 amide bonds. The maximum atomic E-state index is 13.0. The van der Waals surface area contributed by atoms with E-state index in [9.17, 15) is 26.0 Å². The van der Waals surface area contributed by atoms with Gasteiger partial charge in [0.1, 0.15) is 10.7 Å². The molecule has 0 aliphatic heterocycles. The molecule has 0 heterocycles. The number of nitrogens with zero attached hydrogens (tertiary/aromatic N) is 1. The zero-order valence-corrected chi connectivity index (χ0v) is 11.3. The third kappa shape index (κ3) is 4.32. The summed E-state index contributed by atoms with van der Waals surface area (Å²) in [5.74, 6) is -0.841. The number of alkyl halides is 3. The number of sulfonamides is 1. The maximum absolute atomic E-state index is 13.0. The minimum absolute atomic E-state index is 0.250. The van der Waals surface area contributed by atoms with E-state index in [1.807, 2.05) is 0 Å². The third-order valence-corrected chi connectivity index (χ3v) is 4.63. The second-order valence-electron chi connectivity index (χ2n) is 3.77. The van der Waals surface area contributed by atoms with Gasteiger partial charge in [-0.15, -0.1) is 0 Å². The van der Waals surface area contributed by atoms with E-state index in [1.54, 1.807) is 0 Å². The summed E-state index contributed by atoms with van der Waals surface area (Å²) in [6, 6.07) is 2.65. The first-order chi connectivity index (χ1) is 8.54. The Bertz CT molecular complexity index is 559.